The number of benzene rings is 1. The Hall–Kier alpha value is -3.36. The van der Waals surface area contributed by atoms with Crippen LogP contribution in [0.1, 0.15) is 37.5 Å². The van der Waals surface area contributed by atoms with Gasteiger partial charge in [0.1, 0.15) is 29.1 Å². The number of para-hydroxylation sites is 1. The summed E-state index contributed by atoms with van der Waals surface area (Å²) in [5.74, 6) is -0.0773. The second-order valence-corrected chi connectivity index (χ2v) is 10.1. The SMILES string of the molecule is COc1cccc(OC)c1-n1c(NS(=O)(=O)C(C)C(C)c2ncc(F)cn2)nnc1[C@H]1COCCO1. The zero-order chi connectivity index (χ0) is 25.9. The predicted octanol–water partition coefficient (Wildman–Crippen LogP) is 2.24. The quantitative estimate of drug-likeness (QED) is 0.445. The monoisotopic (exact) mass is 522 g/mol. The van der Waals surface area contributed by atoms with Crippen LogP contribution in [0.4, 0.5) is 10.3 Å². The van der Waals surface area contributed by atoms with E-state index in [4.69, 9.17) is 18.9 Å². The van der Waals surface area contributed by atoms with Crippen molar-refractivity contribution in [1.29, 1.82) is 0 Å². The first kappa shape index (κ1) is 25.7. The van der Waals surface area contributed by atoms with Crippen molar-refractivity contribution in [2.24, 2.45) is 0 Å². The number of nitrogens with one attached hydrogen (secondary N) is 1. The molecule has 1 aromatic carbocycles. The molecule has 1 fully saturated rings. The second-order valence-electron chi connectivity index (χ2n) is 8.06. The normalized spacial score (nSPS) is 17.9. The molecule has 0 radical (unpaired) electrons. The molecule has 4 rings (SSSR count). The standard InChI is InChI=1S/C22H27FN6O6S/c1-13(20-24-10-15(23)11-25-20)14(2)36(30,31)28-22-27-26-21(18-12-34-8-9-35-18)29(22)19-16(32-3)6-5-7-17(19)33-4/h5-7,10-11,13-14,18H,8-9,12H2,1-4H3,(H,27,28)/t13?,14?,18-/m1/s1. The lowest BCUT2D eigenvalue weighted by Crippen LogP contribution is -2.32. The van der Waals surface area contributed by atoms with Crippen molar-refractivity contribution in [1.82, 2.24) is 24.7 Å². The fourth-order valence-corrected chi connectivity index (χ4v) is 4.97. The van der Waals surface area contributed by atoms with Gasteiger partial charge in [-0.05, 0) is 19.1 Å². The van der Waals surface area contributed by atoms with Gasteiger partial charge in [-0.2, -0.15) is 0 Å². The molecule has 36 heavy (non-hydrogen) atoms. The molecule has 2 unspecified atom stereocenters. The maximum atomic E-state index is 13.4. The smallest absolute Gasteiger partial charge is 0.243 e. The van der Waals surface area contributed by atoms with E-state index in [1.807, 2.05) is 0 Å². The zero-order valence-electron chi connectivity index (χ0n) is 20.2. The molecule has 1 aliphatic rings. The van der Waals surface area contributed by atoms with Crippen molar-refractivity contribution < 1.29 is 31.8 Å². The van der Waals surface area contributed by atoms with E-state index in [1.54, 1.807) is 25.1 Å². The summed E-state index contributed by atoms with van der Waals surface area (Å²) in [6, 6.07) is 5.14. The number of rotatable bonds is 9. The first-order valence-corrected chi connectivity index (χ1v) is 12.7. The van der Waals surface area contributed by atoms with Crippen molar-refractivity contribution in [3.63, 3.8) is 0 Å². The average Bonchev–Trinajstić information content (AvgIpc) is 3.30. The largest absolute Gasteiger partial charge is 0.494 e. The summed E-state index contributed by atoms with van der Waals surface area (Å²) in [6.45, 7) is 4.13. The Morgan fingerprint density at radius 1 is 1.11 bits per heavy atom. The molecular formula is C22H27FN6O6S. The van der Waals surface area contributed by atoms with Crippen LogP contribution in [0.25, 0.3) is 5.69 Å². The highest BCUT2D eigenvalue weighted by Crippen LogP contribution is 2.37. The second kappa shape index (κ2) is 10.7. The van der Waals surface area contributed by atoms with Gasteiger partial charge >= 0.3 is 0 Å². The van der Waals surface area contributed by atoms with Gasteiger partial charge in [0, 0.05) is 5.92 Å². The van der Waals surface area contributed by atoms with Gasteiger partial charge in [-0.1, -0.05) is 13.0 Å². The third-order valence-electron chi connectivity index (χ3n) is 5.89. The summed E-state index contributed by atoms with van der Waals surface area (Å²) in [5.41, 5.74) is 0.386. The van der Waals surface area contributed by atoms with Gasteiger partial charge in [0.2, 0.25) is 16.0 Å². The summed E-state index contributed by atoms with van der Waals surface area (Å²) in [4.78, 5) is 7.84. The van der Waals surface area contributed by atoms with Crippen LogP contribution < -0.4 is 14.2 Å². The highest BCUT2D eigenvalue weighted by atomic mass is 32.2. The molecule has 0 spiro atoms. The van der Waals surface area contributed by atoms with E-state index in [1.165, 1.54) is 25.7 Å². The summed E-state index contributed by atoms with van der Waals surface area (Å²) >= 11 is 0. The number of hydrogen-bond donors (Lipinski definition) is 1. The maximum absolute atomic E-state index is 13.4. The van der Waals surface area contributed by atoms with Crippen LogP contribution in [0.2, 0.25) is 0 Å². The number of anilines is 1. The third-order valence-corrected chi connectivity index (χ3v) is 7.75. The van der Waals surface area contributed by atoms with E-state index in [-0.39, 0.29) is 18.4 Å². The molecule has 12 nitrogen and oxygen atoms in total. The van der Waals surface area contributed by atoms with Crippen LogP contribution in [0, 0.1) is 5.82 Å². The molecule has 1 N–H and O–H groups in total. The van der Waals surface area contributed by atoms with Gasteiger partial charge in [-0.25, -0.2) is 22.8 Å². The number of methoxy groups -OCH3 is 2. The first-order chi connectivity index (χ1) is 17.3. The van der Waals surface area contributed by atoms with Gasteiger partial charge in [-0.3, -0.25) is 9.29 Å². The van der Waals surface area contributed by atoms with E-state index in [2.05, 4.69) is 24.9 Å². The van der Waals surface area contributed by atoms with Crippen LogP contribution in [0.3, 0.4) is 0 Å². The summed E-state index contributed by atoms with van der Waals surface area (Å²) in [7, 11) is -1.09. The van der Waals surface area contributed by atoms with Crippen molar-refractivity contribution in [3.05, 3.63) is 48.1 Å². The van der Waals surface area contributed by atoms with E-state index in [9.17, 15) is 12.8 Å². The van der Waals surface area contributed by atoms with E-state index < -0.39 is 33.1 Å². The lowest BCUT2D eigenvalue weighted by molar-refractivity contribution is -0.0941. The Balaban J connectivity index is 1.77. The number of ether oxygens (including phenoxy) is 4. The van der Waals surface area contributed by atoms with Crippen LogP contribution in [-0.2, 0) is 19.5 Å². The van der Waals surface area contributed by atoms with Crippen molar-refractivity contribution in [3.8, 4) is 17.2 Å². The van der Waals surface area contributed by atoms with Gasteiger partial charge in [0.05, 0.1) is 51.7 Å². The number of halogens is 1. The summed E-state index contributed by atoms with van der Waals surface area (Å²) < 4.78 is 66.5. The fourth-order valence-electron chi connectivity index (χ4n) is 3.74. The molecule has 3 heterocycles. The van der Waals surface area contributed by atoms with Gasteiger partial charge in [0.15, 0.2) is 11.6 Å². The average molecular weight is 523 g/mol. The molecule has 1 saturated heterocycles. The van der Waals surface area contributed by atoms with Crippen LogP contribution >= 0.6 is 0 Å². The molecule has 3 aromatic rings. The Kier molecular flexibility index (Phi) is 7.66. The highest BCUT2D eigenvalue weighted by molar-refractivity contribution is 7.93. The van der Waals surface area contributed by atoms with Crippen molar-refractivity contribution >= 4 is 16.0 Å². The minimum atomic E-state index is -4.06. The Morgan fingerprint density at radius 3 is 2.36 bits per heavy atom. The molecule has 1 aliphatic heterocycles. The lowest BCUT2D eigenvalue weighted by atomic mass is 10.1. The van der Waals surface area contributed by atoms with E-state index in [0.717, 1.165) is 12.4 Å². The summed E-state index contributed by atoms with van der Waals surface area (Å²) in [6.07, 6.45) is 1.38. The van der Waals surface area contributed by atoms with E-state index in [0.29, 0.717) is 36.2 Å². The minimum absolute atomic E-state index is 0.0963. The number of aromatic nitrogens is 5. The lowest BCUT2D eigenvalue weighted by Gasteiger charge is -2.25. The van der Waals surface area contributed by atoms with Gasteiger partial charge in [-0.15, -0.1) is 10.2 Å². The molecule has 0 saturated carbocycles. The van der Waals surface area contributed by atoms with Crippen molar-refractivity contribution in [2.45, 2.75) is 31.1 Å². The van der Waals surface area contributed by atoms with Gasteiger partial charge in [0.25, 0.3) is 0 Å². The van der Waals surface area contributed by atoms with E-state index >= 15 is 0 Å². The number of hydrogen-bond acceptors (Lipinski definition) is 10. The Labute approximate surface area is 207 Å². The van der Waals surface area contributed by atoms with Gasteiger partial charge < -0.3 is 18.9 Å². The first-order valence-electron chi connectivity index (χ1n) is 11.1. The van der Waals surface area contributed by atoms with Crippen LogP contribution in [-0.4, -0.2) is 72.4 Å². The topological polar surface area (TPSA) is 140 Å². The molecule has 3 atom stereocenters. The Morgan fingerprint density at radius 2 is 1.78 bits per heavy atom. The Bertz CT molecular complexity index is 1270. The zero-order valence-corrected chi connectivity index (χ0v) is 21.0. The molecule has 2 aromatic heterocycles. The summed E-state index contributed by atoms with van der Waals surface area (Å²) in [5, 5.41) is 7.34. The molecule has 194 valence electrons. The van der Waals surface area contributed by atoms with Crippen LogP contribution in [0.15, 0.2) is 30.6 Å². The van der Waals surface area contributed by atoms with Crippen molar-refractivity contribution in [2.75, 3.05) is 38.8 Å². The maximum Gasteiger partial charge on any atom is 0.243 e. The predicted molar refractivity (Wildman–Crippen MR) is 126 cm³/mol. The molecule has 14 heteroatoms. The third kappa shape index (κ3) is 5.10. The van der Waals surface area contributed by atoms with Crippen LogP contribution in [0.5, 0.6) is 11.5 Å². The minimum Gasteiger partial charge on any atom is -0.494 e. The molecular weight excluding hydrogens is 495 g/mol. The number of nitrogens with zero attached hydrogens (tertiary/aromatic N) is 5. The number of sulfonamides is 1. The molecule has 0 amide bonds. The highest BCUT2D eigenvalue weighted by Gasteiger charge is 2.34. The fraction of sp³-hybridized carbons (Fsp3) is 0.455. The molecule has 0 aliphatic carbocycles. The molecule has 0 bridgehead atoms.